The van der Waals surface area contributed by atoms with Crippen LogP contribution < -0.4 is 5.32 Å². The van der Waals surface area contributed by atoms with E-state index in [9.17, 15) is 9.90 Å². The highest BCUT2D eigenvalue weighted by Gasteiger charge is 2.19. The predicted molar refractivity (Wildman–Crippen MR) is 75.1 cm³/mol. The fourth-order valence-electron chi connectivity index (χ4n) is 1.79. The van der Waals surface area contributed by atoms with E-state index in [2.05, 4.69) is 10.5 Å². The van der Waals surface area contributed by atoms with Crippen molar-refractivity contribution in [1.82, 2.24) is 10.5 Å². The third-order valence-electron chi connectivity index (χ3n) is 3.12. The molecule has 1 heterocycles. The minimum absolute atomic E-state index is 0.104. The smallest absolute Gasteiger partial charge is 0.273 e. The molecule has 1 unspecified atom stereocenters. The van der Waals surface area contributed by atoms with Gasteiger partial charge in [0.05, 0.1) is 12.6 Å². The molecular formula is C15H18N2O3. The summed E-state index contributed by atoms with van der Waals surface area (Å²) in [5.74, 6) is 0.342. The lowest BCUT2D eigenvalue weighted by atomic mass is 10.1. The van der Waals surface area contributed by atoms with Crippen LogP contribution in [-0.2, 0) is 0 Å². The van der Waals surface area contributed by atoms with Crippen LogP contribution >= 0.6 is 0 Å². The van der Waals surface area contributed by atoms with Crippen molar-refractivity contribution >= 4 is 5.91 Å². The zero-order chi connectivity index (χ0) is 14.5. The Morgan fingerprint density at radius 3 is 2.65 bits per heavy atom. The summed E-state index contributed by atoms with van der Waals surface area (Å²) in [7, 11) is 0. The Morgan fingerprint density at radius 2 is 2.05 bits per heavy atom. The number of nitrogens with zero attached hydrogens (tertiary/aromatic N) is 1. The van der Waals surface area contributed by atoms with Gasteiger partial charge in [0, 0.05) is 11.6 Å². The normalized spacial score (nSPS) is 12.4. The molecule has 0 saturated carbocycles. The molecule has 0 spiro atoms. The maximum Gasteiger partial charge on any atom is 0.273 e. The molecule has 1 aromatic carbocycles. The number of nitrogens with one attached hydrogen (secondary N) is 1. The van der Waals surface area contributed by atoms with Crippen molar-refractivity contribution in [2.75, 3.05) is 6.61 Å². The molecule has 5 nitrogen and oxygen atoms in total. The van der Waals surface area contributed by atoms with E-state index >= 15 is 0 Å². The standard InChI is InChI=1S/C15H18N2O3/c1-10(2)13(9-18)16-15(19)12-8-14(20-17-12)11-6-4-3-5-7-11/h3-8,10,13,18H,9H2,1-2H3,(H,16,19). The van der Waals surface area contributed by atoms with Gasteiger partial charge in [-0.2, -0.15) is 0 Å². The van der Waals surface area contributed by atoms with Crippen LogP contribution in [0.5, 0.6) is 0 Å². The lowest BCUT2D eigenvalue weighted by molar-refractivity contribution is 0.0888. The molecule has 1 aromatic heterocycles. The maximum absolute atomic E-state index is 12.0. The summed E-state index contributed by atoms with van der Waals surface area (Å²) >= 11 is 0. The first-order valence-corrected chi connectivity index (χ1v) is 6.55. The monoisotopic (exact) mass is 274 g/mol. The summed E-state index contributed by atoms with van der Waals surface area (Å²) in [6.07, 6.45) is 0. The Balaban J connectivity index is 2.11. The van der Waals surface area contributed by atoms with E-state index in [0.717, 1.165) is 5.56 Å². The SMILES string of the molecule is CC(C)C(CO)NC(=O)c1cc(-c2ccccc2)on1. The molecule has 2 aromatic rings. The highest BCUT2D eigenvalue weighted by Crippen LogP contribution is 2.19. The molecule has 0 aliphatic heterocycles. The lowest BCUT2D eigenvalue weighted by Crippen LogP contribution is -2.41. The van der Waals surface area contributed by atoms with Crippen molar-refractivity contribution in [2.24, 2.45) is 5.92 Å². The Hall–Kier alpha value is -2.14. The molecule has 2 N–H and O–H groups in total. The lowest BCUT2D eigenvalue weighted by Gasteiger charge is -2.18. The van der Waals surface area contributed by atoms with Gasteiger partial charge in [-0.05, 0) is 5.92 Å². The van der Waals surface area contributed by atoms with Gasteiger partial charge in [0.2, 0.25) is 0 Å². The number of aliphatic hydroxyl groups is 1. The second-order valence-electron chi connectivity index (χ2n) is 4.95. The van der Waals surface area contributed by atoms with Gasteiger partial charge in [-0.1, -0.05) is 49.3 Å². The second-order valence-corrected chi connectivity index (χ2v) is 4.95. The van der Waals surface area contributed by atoms with Gasteiger partial charge in [-0.3, -0.25) is 4.79 Å². The molecule has 0 aliphatic carbocycles. The summed E-state index contributed by atoms with van der Waals surface area (Å²) in [6, 6.07) is 10.7. The van der Waals surface area contributed by atoms with E-state index in [1.165, 1.54) is 0 Å². The van der Waals surface area contributed by atoms with Crippen molar-refractivity contribution in [3.63, 3.8) is 0 Å². The number of hydrogen-bond donors (Lipinski definition) is 2. The average molecular weight is 274 g/mol. The van der Waals surface area contributed by atoms with Crippen molar-refractivity contribution < 1.29 is 14.4 Å². The van der Waals surface area contributed by atoms with E-state index < -0.39 is 0 Å². The van der Waals surface area contributed by atoms with Crippen LogP contribution in [0.1, 0.15) is 24.3 Å². The molecule has 106 valence electrons. The Labute approximate surface area is 117 Å². The number of rotatable bonds is 5. The van der Waals surface area contributed by atoms with Gasteiger partial charge in [-0.15, -0.1) is 0 Å². The van der Waals surface area contributed by atoms with Crippen molar-refractivity contribution in [1.29, 1.82) is 0 Å². The number of aliphatic hydroxyl groups excluding tert-OH is 1. The first-order valence-electron chi connectivity index (χ1n) is 6.55. The Bertz CT molecular complexity index is 564. The Kier molecular flexibility index (Phi) is 4.53. The van der Waals surface area contributed by atoms with Crippen molar-refractivity contribution in [3.05, 3.63) is 42.1 Å². The zero-order valence-electron chi connectivity index (χ0n) is 11.5. The van der Waals surface area contributed by atoms with Crippen LogP contribution in [0.3, 0.4) is 0 Å². The van der Waals surface area contributed by atoms with Gasteiger partial charge < -0.3 is 14.9 Å². The fourth-order valence-corrected chi connectivity index (χ4v) is 1.79. The summed E-state index contributed by atoms with van der Waals surface area (Å²) in [5.41, 5.74) is 1.07. The number of hydrogen-bond acceptors (Lipinski definition) is 4. The maximum atomic E-state index is 12.0. The van der Waals surface area contributed by atoms with Crippen LogP contribution in [0.4, 0.5) is 0 Å². The quantitative estimate of drug-likeness (QED) is 0.875. The predicted octanol–water partition coefficient (Wildman–Crippen LogP) is 2.09. The molecule has 0 aliphatic rings. The van der Waals surface area contributed by atoms with E-state index in [4.69, 9.17) is 4.52 Å². The fraction of sp³-hybridized carbons (Fsp3) is 0.333. The highest BCUT2D eigenvalue weighted by molar-refractivity contribution is 5.93. The van der Waals surface area contributed by atoms with Gasteiger partial charge in [0.15, 0.2) is 11.5 Å². The van der Waals surface area contributed by atoms with Gasteiger partial charge in [-0.25, -0.2) is 0 Å². The van der Waals surface area contributed by atoms with E-state index in [0.29, 0.717) is 5.76 Å². The van der Waals surface area contributed by atoms with Gasteiger partial charge in [0.1, 0.15) is 0 Å². The van der Waals surface area contributed by atoms with Crippen LogP contribution in [0.15, 0.2) is 40.9 Å². The molecule has 20 heavy (non-hydrogen) atoms. The molecule has 0 fully saturated rings. The average Bonchev–Trinajstić information content (AvgIpc) is 2.95. The van der Waals surface area contributed by atoms with Crippen molar-refractivity contribution in [2.45, 2.75) is 19.9 Å². The third-order valence-corrected chi connectivity index (χ3v) is 3.12. The number of carbonyl (C=O) groups excluding carboxylic acids is 1. The molecule has 2 rings (SSSR count). The number of amides is 1. The van der Waals surface area contributed by atoms with Crippen LogP contribution in [0.2, 0.25) is 0 Å². The minimum Gasteiger partial charge on any atom is -0.394 e. The first-order chi connectivity index (χ1) is 9.61. The van der Waals surface area contributed by atoms with Gasteiger partial charge >= 0.3 is 0 Å². The van der Waals surface area contributed by atoms with Crippen LogP contribution in [0, 0.1) is 5.92 Å². The molecule has 1 atom stereocenters. The Morgan fingerprint density at radius 1 is 1.35 bits per heavy atom. The molecule has 0 saturated heterocycles. The summed E-state index contributed by atoms with van der Waals surface area (Å²) in [4.78, 5) is 12.0. The zero-order valence-corrected chi connectivity index (χ0v) is 11.5. The summed E-state index contributed by atoms with van der Waals surface area (Å²) in [6.45, 7) is 3.76. The second kappa shape index (κ2) is 6.34. The topological polar surface area (TPSA) is 75.4 Å². The number of carbonyl (C=O) groups is 1. The van der Waals surface area contributed by atoms with Gasteiger partial charge in [0.25, 0.3) is 5.91 Å². The largest absolute Gasteiger partial charge is 0.394 e. The molecular weight excluding hydrogens is 256 g/mol. The number of aromatic nitrogens is 1. The molecule has 1 amide bonds. The summed E-state index contributed by atoms with van der Waals surface area (Å²) in [5, 5.41) is 15.7. The third kappa shape index (κ3) is 3.24. The van der Waals surface area contributed by atoms with E-state index in [1.54, 1.807) is 6.07 Å². The number of benzene rings is 1. The molecule has 0 radical (unpaired) electrons. The highest BCUT2D eigenvalue weighted by atomic mass is 16.5. The van der Waals surface area contributed by atoms with E-state index in [-0.39, 0.29) is 30.2 Å². The van der Waals surface area contributed by atoms with E-state index in [1.807, 2.05) is 44.2 Å². The summed E-state index contributed by atoms with van der Waals surface area (Å²) < 4.78 is 5.17. The van der Waals surface area contributed by atoms with Crippen LogP contribution in [-0.4, -0.2) is 28.8 Å². The van der Waals surface area contributed by atoms with Crippen LogP contribution in [0.25, 0.3) is 11.3 Å². The molecule has 0 bridgehead atoms. The first kappa shape index (κ1) is 14.3. The minimum atomic E-state index is -0.344. The molecule has 5 heteroatoms. The van der Waals surface area contributed by atoms with Crippen molar-refractivity contribution in [3.8, 4) is 11.3 Å².